The molecule has 0 aliphatic rings. The van der Waals surface area contributed by atoms with E-state index in [4.69, 9.17) is 15.2 Å². The van der Waals surface area contributed by atoms with Gasteiger partial charge in [0.2, 0.25) is 0 Å². The Morgan fingerprint density at radius 3 is 2.07 bits per heavy atom. The molecule has 2 amide bonds. The monoisotopic (exact) mass is 390 g/mol. The van der Waals surface area contributed by atoms with Crippen molar-refractivity contribution in [3.8, 4) is 17.2 Å². The van der Waals surface area contributed by atoms with Crippen LogP contribution in [0.15, 0.2) is 72.8 Å². The number of primary amides is 1. The molecule has 5 nitrogen and oxygen atoms in total. The lowest BCUT2D eigenvalue weighted by Gasteiger charge is -2.26. The molecule has 0 saturated heterocycles. The molecule has 0 bridgehead atoms. The van der Waals surface area contributed by atoms with Gasteiger partial charge in [0.25, 0.3) is 0 Å². The summed E-state index contributed by atoms with van der Waals surface area (Å²) in [5.41, 5.74) is 7.96. The summed E-state index contributed by atoms with van der Waals surface area (Å²) >= 11 is 0. The van der Waals surface area contributed by atoms with Gasteiger partial charge in [-0.1, -0.05) is 45.0 Å². The molecule has 3 aromatic carbocycles. The number of amides is 2. The van der Waals surface area contributed by atoms with Gasteiger partial charge in [-0.05, 0) is 59.5 Å². The number of nitrogens with zero attached hydrogens (tertiary/aromatic N) is 1. The molecular formula is C24H26N2O3. The standard InChI is InChI=1S/C24H26N2O3/c1-24(2,3)17-10-15-22(28-4)21(16-17)26(23(25)27)18-11-13-20(14-12-18)29-19-8-6-5-7-9-19/h5-16H,1-4H3,(H2,25,27). The molecule has 29 heavy (non-hydrogen) atoms. The van der Waals surface area contributed by atoms with Crippen LogP contribution in [0.5, 0.6) is 17.2 Å². The van der Waals surface area contributed by atoms with Crippen LogP contribution >= 0.6 is 0 Å². The average molecular weight is 390 g/mol. The summed E-state index contributed by atoms with van der Waals surface area (Å²) in [6.45, 7) is 6.34. The number of hydrogen-bond donors (Lipinski definition) is 1. The quantitative estimate of drug-likeness (QED) is 0.581. The molecule has 0 heterocycles. The second-order valence-electron chi connectivity index (χ2n) is 7.72. The first-order chi connectivity index (χ1) is 13.8. The largest absolute Gasteiger partial charge is 0.495 e. The zero-order valence-corrected chi connectivity index (χ0v) is 17.2. The van der Waals surface area contributed by atoms with Crippen LogP contribution in [-0.4, -0.2) is 13.1 Å². The van der Waals surface area contributed by atoms with Gasteiger partial charge in [-0.3, -0.25) is 4.90 Å². The van der Waals surface area contributed by atoms with E-state index in [-0.39, 0.29) is 5.41 Å². The number of para-hydroxylation sites is 1. The van der Waals surface area contributed by atoms with Crippen molar-refractivity contribution in [2.45, 2.75) is 26.2 Å². The minimum atomic E-state index is -0.592. The predicted octanol–water partition coefficient (Wildman–Crippen LogP) is 6.00. The summed E-state index contributed by atoms with van der Waals surface area (Å²) < 4.78 is 11.3. The molecule has 0 unspecified atom stereocenters. The maximum absolute atomic E-state index is 12.4. The Labute approximate surface area is 171 Å². The number of benzene rings is 3. The maximum atomic E-state index is 12.4. The molecule has 150 valence electrons. The number of ether oxygens (including phenoxy) is 2. The zero-order valence-electron chi connectivity index (χ0n) is 17.2. The van der Waals surface area contributed by atoms with Crippen molar-refractivity contribution in [1.82, 2.24) is 0 Å². The molecule has 0 aromatic heterocycles. The Bertz CT molecular complexity index is 977. The van der Waals surface area contributed by atoms with E-state index in [1.807, 2.05) is 48.5 Å². The van der Waals surface area contributed by atoms with E-state index in [0.29, 0.717) is 22.9 Å². The normalized spacial score (nSPS) is 11.0. The molecule has 0 saturated carbocycles. The number of hydrogen-bond acceptors (Lipinski definition) is 3. The van der Waals surface area contributed by atoms with Gasteiger partial charge in [-0.2, -0.15) is 0 Å². The van der Waals surface area contributed by atoms with Gasteiger partial charge >= 0.3 is 6.03 Å². The van der Waals surface area contributed by atoms with Crippen molar-refractivity contribution >= 4 is 17.4 Å². The number of nitrogens with two attached hydrogens (primary N) is 1. The van der Waals surface area contributed by atoms with Crippen molar-refractivity contribution in [2.75, 3.05) is 12.0 Å². The highest BCUT2D eigenvalue weighted by atomic mass is 16.5. The Hall–Kier alpha value is -3.47. The first kappa shape index (κ1) is 20.3. The van der Waals surface area contributed by atoms with Gasteiger partial charge in [0.05, 0.1) is 18.5 Å². The summed E-state index contributed by atoms with van der Waals surface area (Å²) in [5.74, 6) is 1.98. The van der Waals surface area contributed by atoms with Gasteiger partial charge < -0.3 is 15.2 Å². The van der Waals surface area contributed by atoms with Crippen LogP contribution in [0.1, 0.15) is 26.3 Å². The van der Waals surface area contributed by atoms with E-state index in [9.17, 15) is 4.79 Å². The molecule has 3 aromatic rings. The summed E-state index contributed by atoms with van der Waals surface area (Å²) in [5, 5.41) is 0. The van der Waals surface area contributed by atoms with Crippen LogP contribution in [0.25, 0.3) is 0 Å². The van der Waals surface area contributed by atoms with Gasteiger partial charge in [-0.15, -0.1) is 0 Å². The fourth-order valence-electron chi connectivity index (χ4n) is 3.00. The first-order valence-corrected chi connectivity index (χ1v) is 9.40. The molecule has 0 spiro atoms. The Kier molecular flexibility index (Phi) is 5.78. The van der Waals surface area contributed by atoms with Crippen LogP contribution in [0.4, 0.5) is 16.2 Å². The molecule has 0 atom stereocenters. The van der Waals surface area contributed by atoms with Crippen LogP contribution in [0, 0.1) is 0 Å². The molecule has 0 radical (unpaired) electrons. The third-order valence-electron chi connectivity index (χ3n) is 4.58. The molecule has 5 heteroatoms. The highest BCUT2D eigenvalue weighted by molar-refractivity contribution is 6.00. The van der Waals surface area contributed by atoms with Gasteiger partial charge in [0.15, 0.2) is 0 Å². The zero-order chi connectivity index (χ0) is 21.0. The maximum Gasteiger partial charge on any atom is 0.324 e. The van der Waals surface area contributed by atoms with E-state index in [1.54, 1.807) is 31.4 Å². The summed E-state index contributed by atoms with van der Waals surface area (Å²) in [6.07, 6.45) is 0. The average Bonchev–Trinajstić information content (AvgIpc) is 2.69. The summed E-state index contributed by atoms with van der Waals surface area (Å²) in [7, 11) is 1.57. The van der Waals surface area contributed by atoms with Crippen LogP contribution in [-0.2, 0) is 5.41 Å². The van der Waals surface area contributed by atoms with Crippen molar-refractivity contribution in [2.24, 2.45) is 5.73 Å². The van der Waals surface area contributed by atoms with Crippen molar-refractivity contribution < 1.29 is 14.3 Å². The van der Waals surface area contributed by atoms with Crippen molar-refractivity contribution in [1.29, 1.82) is 0 Å². The van der Waals surface area contributed by atoms with E-state index in [1.165, 1.54) is 4.90 Å². The topological polar surface area (TPSA) is 64.8 Å². The second kappa shape index (κ2) is 8.27. The molecule has 0 aliphatic heterocycles. The second-order valence-corrected chi connectivity index (χ2v) is 7.72. The highest BCUT2D eigenvalue weighted by Gasteiger charge is 2.23. The third-order valence-corrected chi connectivity index (χ3v) is 4.58. The van der Waals surface area contributed by atoms with Crippen LogP contribution < -0.4 is 20.1 Å². The summed E-state index contributed by atoms with van der Waals surface area (Å²) in [4.78, 5) is 13.8. The van der Waals surface area contributed by atoms with Crippen molar-refractivity contribution in [3.63, 3.8) is 0 Å². The van der Waals surface area contributed by atoms with Gasteiger partial charge in [0, 0.05) is 0 Å². The number of methoxy groups -OCH3 is 1. The lowest BCUT2D eigenvalue weighted by atomic mass is 9.86. The lowest BCUT2D eigenvalue weighted by molar-refractivity contribution is 0.256. The van der Waals surface area contributed by atoms with Gasteiger partial charge in [-0.25, -0.2) is 4.79 Å². The van der Waals surface area contributed by atoms with Gasteiger partial charge in [0.1, 0.15) is 17.2 Å². The molecule has 0 aliphatic carbocycles. The number of carbonyl (C=O) groups excluding carboxylic acids is 1. The minimum absolute atomic E-state index is 0.0856. The Morgan fingerprint density at radius 1 is 0.897 bits per heavy atom. The van der Waals surface area contributed by atoms with E-state index < -0.39 is 6.03 Å². The number of anilines is 2. The van der Waals surface area contributed by atoms with E-state index >= 15 is 0 Å². The Balaban J connectivity index is 1.97. The minimum Gasteiger partial charge on any atom is -0.495 e. The number of carbonyl (C=O) groups is 1. The highest BCUT2D eigenvalue weighted by Crippen LogP contribution is 2.38. The first-order valence-electron chi connectivity index (χ1n) is 9.40. The van der Waals surface area contributed by atoms with E-state index in [0.717, 1.165) is 11.3 Å². The molecule has 3 rings (SSSR count). The Morgan fingerprint density at radius 2 is 1.52 bits per heavy atom. The van der Waals surface area contributed by atoms with Crippen LogP contribution in [0.3, 0.4) is 0 Å². The molecule has 2 N–H and O–H groups in total. The number of rotatable bonds is 5. The van der Waals surface area contributed by atoms with Crippen LogP contribution in [0.2, 0.25) is 0 Å². The molecular weight excluding hydrogens is 364 g/mol. The fraction of sp³-hybridized carbons (Fsp3) is 0.208. The third kappa shape index (κ3) is 4.69. The number of urea groups is 1. The van der Waals surface area contributed by atoms with Crippen molar-refractivity contribution in [3.05, 3.63) is 78.4 Å². The van der Waals surface area contributed by atoms with E-state index in [2.05, 4.69) is 20.8 Å². The predicted molar refractivity (Wildman–Crippen MR) is 116 cm³/mol. The summed E-state index contributed by atoms with van der Waals surface area (Å²) in [6, 6.07) is 21.9. The SMILES string of the molecule is COc1ccc(C(C)(C)C)cc1N(C(N)=O)c1ccc(Oc2ccccc2)cc1. The fourth-order valence-corrected chi connectivity index (χ4v) is 3.00. The lowest BCUT2D eigenvalue weighted by Crippen LogP contribution is -2.32. The molecule has 0 fully saturated rings. The smallest absolute Gasteiger partial charge is 0.324 e.